The summed E-state index contributed by atoms with van der Waals surface area (Å²) in [7, 11) is 0. The molecule has 1 aromatic carbocycles. The minimum absolute atomic E-state index is 0.0150. The third-order valence-electron chi connectivity index (χ3n) is 4.01. The molecule has 0 aliphatic heterocycles. The number of amides is 2. The average molecular weight is 323 g/mol. The van der Waals surface area contributed by atoms with Gasteiger partial charge in [0.2, 0.25) is 11.8 Å². The van der Waals surface area contributed by atoms with Crippen LogP contribution in [0.4, 0.5) is 5.69 Å². The van der Waals surface area contributed by atoms with Crippen molar-refractivity contribution in [2.24, 2.45) is 11.8 Å². The van der Waals surface area contributed by atoms with Gasteiger partial charge in [-0.3, -0.25) is 9.59 Å². The Labute approximate surface area is 136 Å². The molecule has 4 nitrogen and oxygen atoms in total. The zero-order chi connectivity index (χ0) is 16.1. The number of benzene rings is 1. The number of rotatable bonds is 4. The van der Waals surface area contributed by atoms with Gasteiger partial charge in [-0.15, -0.1) is 0 Å². The van der Waals surface area contributed by atoms with E-state index >= 15 is 0 Å². The Morgan fingerprint density at radius 1 is 1.00 bits per heavy atom. The lowest BCUT2D eigenvalue weighted by atomic mass is 9.81. The van der Waals surface area contributed by atoms with E-state index < -0.39 is 0 Å². The van der Waals surface area contributed by atoms with Gasteiger partial charge in [0.1, 0.15) is 0 Å². The van der Waals surface area contributed by atoms with Gasteiger partial charge in [-0.2, -0.15) is 0 Å². The Bertz CT molecular complexity index is 520. The summed E-state index contributed by atoms with van der Waals surface area (Å²) < 4.78 is 0. The van der Waals surface area contributed by atoms with E-state index in [1.165, 1.54) is 0 Å². The van der Waals surface area contributed by atoms with Gasteiger partial charge >= 0.3 is 0 Å². The molecule has 2 rings (SSSR count). The quantitative estimate of drug-likeness (QED) is 0.889. The summed E-state index contributed by atoms with van der Waals surface area (Å²) in [5.41, 5.74) is 0.758. The Morgan fingerprint density at radius 2 is 1.50 bits per heavy atom. The van der Waals surface area contributed by atoms with Gasteiger partial charge < -0.3 is 10.6 Å². The number of hydrogen-bond acceptors (Lipinski definition) is 2. The number of carbonyl (C=O) groups excluding carboxylic acids is 2. The highest BCUT2D eigenvalue weighted by Crippen LogP contribution is 2.30. The van der Waals surface area contributed by atoms with Crippen LogP contribution in [0, 0.1) is 11.8 Å². The standard InChI is InChI=1S/C17H23ClN2O2/c1-11(2)19-16(21)12-3-5-13(6-4-12)17(22)20-15-9-7-14(18)8-10-15/h7-13H,3-6H2,1-2H3,(H,19,21)(H,20,22). The predicted molar refractivity (Wildman–Crippen MR) is 88.8 cm³/mol. The largest absolute Gasteiger partial charge is 0.354 e. The van der Waals surface area contributed by atoms with E-state index in [0.717, 1.165) is 31.4 Å². The molecular weight excluding hydrogens is 300 g/mol. The van der Waals surface area contributed by atoms with Gasteiger partial charge in [-0.05, 0) is 63.8 Å². The number of carbonyl (C=O) groups is 2. The summed E-state index contributed by atoms with van der Waals surface area (Å²) in [4.78, 5) is 24.2. The molecule has 0 saturated heterocycles. The van der Waals surface area contributed by atoms with E-state index in [1.54, 1.807) is 24.3 Å². The molecule has 22 heavy (non-hydrogen) atoms. The first kappa shape index (κ1) is 16.8. The van der Waals surface area contributed by atoms with Crippen LogP contribution < -0.4 is 10.6 Å². The fraction of sp³-hybridized carbons (Fsp3) is 0.529. The van der Waals surface area contributed by atoms with Crippen LogP contribution in [0.15, 0.2) is 24.3 Å². The van der Waals surface area contributed by atoms with Gasteiger partial charge in [-0.25, -0.2) is 0 Å². The van der Waals surface area contributed by atoms with Crippen LogP contribution in [0.25, 0.3) is 0 Å². The molecule has 1 aromatic rings. The molecule has 1 fully saturated rings. The molecule has 0 heterocycles. The van der Waals surface area contributed by atoms with Gasteiger partial charge in [0.25, 0.3) is 0 Å². The van der Waals surface area contributed by atoms with E-state index in [4.69, 9.17) is 11.6 Å². The van der Waals surface area contributed by atoms with Crippen LogP contribution in [0.1, 0.15) is 39.5 Å². The van der Waals surface area contributed by atoms with Crippen molar-refractivity contribution in [1.29, 1.82) is 0 Å². The monoisotopic (exact) mass is 322 g/mol. The van der Waals surface area contributed by atoms with Gasteiger partial charge in [0.15, 0.2) is 0 Å². The summed E-state index contributed by atoms with van der Waals surface area (Å²) in [6, 6.07) is 7.26. The summed E-state index contributed by atoms with van der Waals surface area (Å²) in [5, 5.41) is 6.51. The van der Waals surface area contributed by atoms with E-state index in [2.05, 4.69) is 10.6 Å². The van der Waals surface area contributed by atoms with Crippen LogP contribution in [-0.2, 0) is 9.59 Å². The summed E-state index contributed by atoms with van der Waals surface area (Å²) in [6.45, 7) is 3.92. The molecule has 1 aliphatic carbocycles. The lowest BCUT2D eigenvalue weighted by Crippen LogP contribution is -2.38. The second-order valence-corrected chi connectivity index (χ2v) is 6.64. The molecule has 1 aliphatic rings. The number of anilines is 1. The van der Waals surface area contributed by atoms with Gasteiger partial charge in [0.05, 0.1) is 0 Å². The Kier molecular flexibility index (Phi) is 5.83. The maximum absolute atomic E-state index is 12.3. The van der Waals surface area contributed by atoms with Crippen LogP contribution in [-0.4, -0.2) is 17.9 Å². The van der Waals surface area contributed by atoms with E-state index in [-0.39, 0.29) is 29.7 Å². The fourth-order valence-electron chi connectivity index (χ4n) is 2.80. The second-order valence-electron chi connectivity index (χ2n) is 6.21. The average Bonchev–Trinajstić information content (AvgIpc) is 2.49. The highest BCUT2D eigenvalue weighted by molar-refractivity contribution is 6.30. The maximum Gasteiger partial charge on any atom is 0.227 e. The zero-order valence-electron chi connectivity index (χ0n) is 13.1. The van der Waals surface area contributed by atoms with Crippen molar-refractivity contribution in [2.75, 3.05) is 5.32 Å². The van der Waals surface area contributed by atoms with E-state index in [9.17, 15) is 9.59 Å². The molecular formula is C17H23ClN2O2. The summed E-state index contributed by atoms with van der Waals surface area (Å²) in [5.74, 6) is 0.178. The molecule has 0 bridgehead atoms. The van der Waals surface area contributed by atoms with Crippen LogP contribution in [0.2, 0.25) is 5.02 Å². The lowest BCUT2D eigenvalue weighted by molar-refractivity contribution is -0.128. The SMILES string of the molecule is CC(C)NC(=O)C1CCC(C(=O)Nc2ccc(Cl)cc2)CC1. The Hall–Kier alpha value is -1.55. The van der Waals surface area contributed by atoms with Gasteiger partial charge in [0, 0.05) is 28.6 Å². The smallest absolute Gasteiger partial charge is 0.227 e. The van der Waals surface area contributed by atoms with Crippen molar-refractivity contribution in [2.45, 2.75) is 45.6 Å². The number of nitrogens with one attached hydrogen (secondary N) is 2. The fourth-order valence-corrected chi connectivity index (χ4v) is 2.92. The molecule has 0 atom stereocenters. The Balaban J connectivity index is 1.82. The van der Waals surface area contributed by atoms with Crippen molar-refractivity contribution >= 4 is 29.1 Å². The van der Waals surface area contributed by atoms with E-state index in [1.807, 2.05) is 13.8 Å². The zero-order valence-corrected chi connectivity index (χ0v) is 13.8. The normalized spacial score (nSPS) is 21.5. The molecule has 0 unspecified atom stereocenters. The third kappa shape index (κ3) is 4.73. The molecule has 120 valence electrons. The van der Waals surface area contributed by atoms with Crippen molar-refractivity contribution in [1.82, 2.24) is 5.32 Å². The molecule has 0 radical (unpaired) electrons. The first-order valence-corrected chi connectivity index (χ1v) is 8.20. The van der Waals surface area contributed by atoms with E-state index in [0.29, 0.717) is 5.02 Å². The minimum atomic E-state index is -0.0150. The van der Waals surface area contributed by atoms with Crippen LogP contribution in [0.5, 0.6) is 0 Å². The van der Waals surface area contributed by atoms with Crippen LogP contribution in [0.3, 0.4) is 0 Å². The second kappa shape index (κ2) is 7.63. The molecule has 0 spiro atoms. The molecule has 2 amide bonds. The Morgan fingerprint density at radius 3 is 2.00 bits per heavy atom. The topological polar surface area (TPSA) is 58.2 Å². The number of halogens is 1. The van der Waals surface area contributed by atoms with Crippen molar-refractivity contribution < 1.29 is 9.59 Å². The third-order valence-corrected chi connectivity index (χ3v) is 4.26. The lowest BCUT2D eigenvalue weighted by Gasteiger charge is -2.27. The number of hydrogen-bond donors (Lipinski definition) is 2. The highest BCUT2D eigenvalue weighted by Gasteiger charge is 2.30. The highest BCUT2D eigenvalue weighted by atomic mass is 35.5. The van der Waals surface area contributed by atoms with Crippen LogP contribution >= 0.6 is 11.6 Å². The minimum Gasteiger partial charge on any atom is -0.354 e. The molecule has 2 N–H and O–H groups in total. The van der Waals surface area contributed by atoms with Crippen molar-refractivity contribution in [3.63, 3.8) is 0 Å². The molecule has 5 heteroatoms. The van der Waals surface area contributed by atoms with Crippen molar-refractivity contribution in [3.8, 4) is 0 Å². The molecule has 0 aromatic heterocycles. The molecule has 1 saturated carbocycles. The first-order chi connectivity index (χ1) is 10.5. The predicted octanol–water partition coefficient (Wildman–Crippen LogP) is 3.61. The first-order valence-electron chi connectivity index (χ1n) is 7.82. The summed E-state index contributed by atoms with van der Waals surface area (Å²) in [6.07, 6.45) is 3.07. The van der Waals surface area contributed by atoms with Gasteiger partial charge in [-0.1, -0.05) is 11.6 Å². The van der Waals surface area contributed by atoms with Crippen molar-refractivity contribution in [3.05, 3.63) is 29.3 Å². The summed E-state index contributed by atoms with van der Waals surface area (Å²) >= 11 is 5.83. The maximum atomic E-state index is 12.3.